The number of halogens is 2. The fraction of sp³-hybridized carbons (Fsp3) is 0.565. The van der Waals surface area contributed by atoms with E-state index < -0.39 is 47.7 Å². The molecule has 3 aliphatic rings. The molecule has 0 aromatic heterocycles. The second kappa shape index (κ2) is 11.3. The lowest BCUT2D eigenvalue weighted by atomic mass is 9.60. The maximum atomic E-state index is 13.4. The molecule has 0 unspecified atom stereocenters. The second-order valence-corrected chi connectivity index (χ2v) is 8.79. The molecule has 2 saturated heterocycles. The van der Waals surface area contributed by atoms with Gasteiger partial charge in [-0.3, -0.25) is 19.2 Å². The van der Waals surface area contributed by atoms with Crippen LogP contribution in [0.4, 0.5) is 0 Å². The molecular weight excluding hydrogens is 473 g/mol. The highest BCUT2D eigenvalue weighted by atomic mass is 35.5. The number of ketones is 1. The van der Waals surface area contributed by atoms with Crippen LogP contribution < -0.4 is 4.74 Å². The first-order chi connectivity index (χ1) is 15.8. The molecule has 2 bridgehead atoms. The monoisotopic (exact) mass is 499 g/mol. The van der Waals surface area contributed by atoms with Crippen molar-refractivity contribution in [1.82, 2.24) is 4.90 Å². The fourth-order valence-electron chi connectivity index (χ4n) is 4.71. The third-order valence-corrected chi connectivity index (χ3v) is 6.35. The molecule has 2 heterocycles. The topological polar surface area (TPSA) is 99.2 Å². The number of nitrogens with zero attached hydrogens (tertiary/aromatic N) is 1. The third kappa shape index (κ3) is 5.50. The highest BCUT2D eigenvalue weighted by Crippen LogP contribution is 2.49. The summed E-state index contributed by atoms with van der Waals surface area (Å²) in [5.74, 6) is -4.27. The van der Waals surface area contributed by atoms with Crippen LogP contribution in [-0.4, -0.2) is 72.7 Å². The van der Waals surface area contributed by atoms with Crippen molar-refractivity contribution in [2.45, 2.75) is 25.9 Å². The number of alkyl halides is 2. The van der Waals surface area contributed by atoms with Crippen LogP contribution >= 0.6 is 23.2 Å². The van der Waals surface area contributed by atoms with Crippen LogP contribution in [0.25, 0.3) is 0 Å². The molecule has 4 rings (SSSR count). The Morgan fingerprint density at radius 1 is 1.09 bits per heavy atom. The number of hydrogen-bond acceptors (Lipinski definition) is 8. The van der Waals surface area contributed by atoms with Gasteiger partial charge in [0.15, 0.2) is 5.78 Å². The predicted octanol–water partition coefficient (Wildman–Crippen LogP) is 2.39. The number of fused-ring (bicyclic) bond motifs is 3. The van der Waals surface area contributed by atoms with Gasteiger partial charge in [0.05, 0.1) is 12.5 Å². The van der Waals surface area contributed by atoms with Gasteiger partial charge in [0.25, 0.3) is 0 Å². The molecule has 180 valence electrons. The molecule has 0 radical (unpaired) electrons. The fourth-order valence-corrected chi connectivity index (χ4v) is 5.18. The Kier molecular flexibility index (Phi) is 8.73. The van der Waals surface area contributed by atoms with Crippen LogP contribution in [0.1, 0.15) is 25.3 Å². The van der Waals surface area contributed by atoms with E-state index in [-0.39, 0.29) is 18.9 Å². The molecule has 0 amide bonds. The van der Waals surface area contributed by atoms with E-state index in [9.17, 15) is 19.2 Å². The standard InChI is InChI=1S/C23H27Cl2NO7/c1-3-31-22(29)19-17(14-4-6-15(7-5-14)32-13(2)27)18-20(28)16(21(19)33-23(18)30)12-26(10-8-24)11-9-25/h4-7,16-19,21H,3,8-12H2,1-2H3/t16-,17-,18+,19+,21-/m0/s1. The highest BCUT2D eigenvalue weighted by Gasteiger charge is 2.62. The van der Waals surface area contributed by atoms with Crippen molar-refractivity contribution in [3.63, 3.8) is 0 Å². The van der Waals surface area contributed by atoms with Gasteiger partial charge in [0.1, 0.15) is 23.7 Å². The van der Waals surface area contributed by atoms with E-state index in [2.05, 4.69) is 0 Å². The van der Waals surface area contributed by atoms with E-state index >= 15 is 0 Å². The SMILES string of the molecule is CCOC(=O)[C@H]1[C@H]2OC(=O)[C@@H](C(=O)[C@@H]2CN(CCCl)CCCl)[C@@H]1c1ccc(OC(C)=O)cc1. The normalized spacial score (nSPS) is 26.3. The number of Topliss-reactive ketones (excluding diaryl/α,β-unsaturated/α-hetero) is 1. The van der Waals surface area contributed by atoms with Gasteiger partial charge in [-0.2, -0.15) is 0 Å². The van der Waals surface area contributed by atoms with E-state index in [1.165, 1.54) is 6.92 Å². The van der Waals surface area contributed by atoms with Gasteiger partial charge in [-0.25, -0.2) is 0 Å². The van der Waals surface area contributed by atoms with E-state index in [1.54, 1.807) is 31.2 Å². The van der Waals surface area contributed by atoms with E-state index in [0.29, 0.717) is 36.2 Å². The Hall–Kier alpha value is -2.16. The maximum Gasteiger partial charge on any atom is 0.317 e. The van der Waals surface area contributed by atoms with Gasteiger partial charge in [-0.15, -0.1) is 23.2 Å². The summed E-state index contributed by atoms with van der Waals surface area (Å²) in [6.45, 7) is 4.43. The minimum absolute atomic E-state index is 0.155. The Balaban J connectivity index is 1.97. The van der Waals surface area contributed by atoms with Crippen LogP contribution in [0.15, 0.2) is 24.3 Å². The number of benzene rings is 1. The summed E-state index contributed by atoms with van der Waals surface area (Å²) in [6, 6.07) is 6.44. The molecule has 1 saturated carbocycles. The first-order valence-electron chi connectivity index (χ1n) is 10.9. The van der Waals surface area contributed by atoms with E-state index in [1.807, 2.05) is 4.90 Å². The first-order valence-corrected chi connectivity index (χ1v) is 11.9. The minimum Gasteiger partial charge on any atom is -0.466 e. The molecule has 1 aromatic carbocycles. The average Bonchev–Trinajstić information content (AvgIpc) is 2.76. The zero-order chi connectivity index (χ0) is 24.1. The van der Waals surface area contributed by atoms with Crippen LogP contribution in [0.2, 0.25) is 0 Å². The van der Waals surface area contributed by atoms with Gasteiger partial charge < -0.3 is 19.1 Å². The minimum atomic E-state index is -1.14. The zero-order valence-electron chi connectivity index (χ0n) is 18.5. The summed E-state index contributed by atoms with van der Waals surface area (Å²) >= 11 is 11.8. The lowest BCUT2D eigenvalue weighted by molar-refractivity contribution is -0.197. The molecule has 10 heteroatoms. The molecule has 8 nitrogen and oxygen atoms in total. The van der Waals surface area contributed by atoms with Gasteiger partial charge in [0, 0.05) is 44.2 Å². The molecule has 33 heavy (non-hydrogen) atoms. The van der Waals surface area contributed by atoms with Crippen molar-refractivity contribution in [3.8, 4) is 5.75 Å². The lowest BCUT2D eigenvalue weighted by Gasteiger charge is -2.49. The number of ether oxygens (including phenoxy) is 3. The van der Waals surface area contributed by atoms with Crippen molar-refractivity contribution < 1.29 is 33.4 Å². The van der Waals surface area contributed by atoms with Crippen LogP contribution in [0.3, 0.4) is 0 Å². The number of hydrogen-bond donors (Lipinski definition) is 0. The van der Waals surface area contributed by atoms with E-state index in [4.69, 9.17) is 37.4 Å². The number of rotatable bonds is 10. The average molecular weight is 500 g/mol. The van der Waals surface area contributed by atoms with Crippen molar-refractivity contribution in [2.75, 3.05) is 38.0 Å². The van der Waals surface area contributed by atoms with Crippen molar-refractivity contribution in [2.24, 2.45) is 17.8 Å². The summed E-state index contributed by atoms with van der Waals surface area (Å²) in [6.07, 6.45) is -0.958. The number of esters is 3. The summed E-state index contributed by atoms with van der Waals surface area (Å²) in [5.41, 5.74) is 0.598. The largest absolute Gasteiger partial charge is 0.466 e. The zero-order valence-corrected chi connectivity index (χ0v) is 20.0. The molecular formula is C23H27Cl2NO7. The smallest absolute Gasteiger partial charge is 0.317 e. The number of carbonyl (C=O) groups excluding carboxylic acids is 4. The Morgan fingerprint density at radius 2 is 1.73 bits per heavy atom. The first kappa shape index (κ1) is 25.5. The van der Waals surface area contributed by atoms with Crippen LogP contribution in [0.5, 0.6) is 5.75 Å². The quantitative estimate of drug-likeness (QED) is 0.209. The van der Waals surface area contributed by atoms with E-state index in [0.717, 1.165) is 0 Å². The van der Waals surface area contributed by atoms with Gasteiger partial charge in [-0.1, -0.05) is 12.1 Å². The van der Waals surface area contributed by atoms with Crippen LogP contribution in [-0.2, 0) is 28.7 Å². The summed E-state index contributed by atoms with van der Waals surface area (Å²) < 4.78 is 16.0. The van der Waals surface area contributed by atoms with Crippen molar-refractivity contribution in [1.29, 1.82) is 0 Å². The Bertz CT molecular complexity index is 885. The molecule has 1 aromatic rings. The highest BCUT2D eigenvalue weighted by molar-refractivity contribution is 6.18. The summed E-state index contributed by atoms with van der Waals surface area (Å²) in [7, 11) is 0. The lowest BCUT2D eigenvalue weighted by Crippen LogP contribution is -2.63. The number of carbonyl (C=O) groups is 4. The molecule has 3 fully saturated rings. The molecule has 1 aliphatic carbocycles. The maximum absolute atomic E-state index is 13.4. The Morgan fingerprint density at radius 3 is 2.27 bits per heavy atom. The molecule has 0 spiro atoms. The summed E-state index contributed by atoms with van der Waals surface area (Å²) in [4.78, 5) is 52.4. The second-order valence-electron chi connectivity index (χ2n) is 8.03. The molecule has 0 N–H and O–H groups in total. The Labute approximate surface area is 202 Å². The summed E-state index contributed by atoms with van der Waals surface area (Å²) in [5, 5.41) is 0. The van der Waals surface area contributed by atoms with Gasteiger partial charge in [-0.05, 0) is 24.6 Å². The van der Waals surface area contributed by atoms with Crippen molar-refractivity contribution in [3.05, 3.63) is 29.8 Å². The van der Waals surface area contributed by atoms with Crippen molar-refractivity contribution >= 4 is 46.9 Å². The van der Waals surface area contributed by atoms with Gasteiger partial charge in [0.2, 0.25) is 0 Å². The predicted molar refractivity (Wildman–Crippen MR) is 120 cm³/mol. The molecule has 2 aliphatic heterocycles. The van der Waals surface area contributed by atoms with Crippen LogP contribution in [0, 0.1) is 17.8 Å². The third-order valence-electron chi connectivity index (χ3n) is 6.02. The van der Waals surface area contributed by atoms with Gasteiger partial charge >= 0.3 is 17.9 Å². The molecule has 5 atom stereocenters.